The van der Waals surface area contributed by atoms with E-state index in [1.165, 1.54) is 36.4 Å². The lowest BCUT2D eigenvalue weighted by atomic mass is 9.91. The van der Waals surface area contributed by atoms with Crippen LogP contribution in [0.2, 0.25) is 0 Å². The van der Waals surface area contributed by atoms with Crippen molar-refractivity contribution in [1.82, 2.24) is 20.9 Å². The van der Waals surface area contributed by atoms with E-state index in [0.29, 0.717) is 5.56 Å². The Morgan fingerprint density at radius 3 is 2.25 bits per heavy atom. The van der Waals surface area contributed by atoms with Crippen LogP contribution in [0.15, 0.2) is 42.5 Å². The third-order valence-corrected chi connectivity index (χ3v) is 8.87. The zero-order valence-electron chi connectivity index (χ0n) is 25.7. The van der Waals surface area contributed by atoms with Gasteiger partial charge in [-0.05, 0) is 49.2 Å². The number of aliphatic carboxylic acids is 1. The first-order chi connectivity index (χ1) is 22.5. The summed E-state index contributed by atoms with van der Waals surface area (Å²) in [5.41, 5.74) is -2.02. The van der Waals surface area contributed by atoms with Crippen LogP contribution in [-0.2, 0) is 40.1 Å². The minimum Gasteiger partial charge on any atom is -0.480 e. The van der Waals surface area contributed by atoms with E-state index < -0.39 is 68.6 Å². The minimum atomic E-state index is -2.12. The quantitative estimate of drug-likeness (QED) is 0.0464. The summed E-state index contributed by atoms with van der Waals surface area (Å²) >= 11 is 1.02. The van der Waals surface area contributed by atoms with Crippen molar-refractivity contribution in [2.75, 3.05) is 0 Å². The summed E-state index contributed by atoms with van der Waals surface area (Å²) in [5, 5.41) is 26.7. The lowest BCUT2D eigenvalue weighted by molar-refractivity contribution is -0.384. The summed E-state index contributed by atoms with van der Waals surface area (Å²) in [6, 6.07) is 5.62. The first-order valence-corrected chi connectivity index (χ1v) is 14.8. The predicted molar refractivity (Wildman–Crippen MR) is 162 cm³/mol. The number of nitrogens with one attached hydrogen (secondary N) is 3. The van der Waals surface area contributed by atoms with Crippen molar-refractivity contribution in [3.05, 3.63) is 63.7 Å². The Bertz CT molecular complexity index is 1700. The van der Waals surface area contributed by atoms with Crippen molar-refractivity contribution in [2.45, 2.75) is 62.2 Å². The number of hydrogen-bond acceptors (Lipinski definition) is 13. The summed E-state index contributed by atoms with van der Waals surface area (Å²) in [6.07, 6.45) is -1.02. The van der Waals surface area contributed by atoms with E-state index in [1.54, 1.807) is 13.8 Å². The van der Waals surface area contributed by atoms with E-state index in [2.05, 4.69) is 16.0 Å². The molecule has 2 aromatic rings. The van der Waals surface area contributed by atoms with Gasteiger partial charge in [0.25, 0.3) is 11.6 Å². The van der Waals surface area contributed by atoms with Crippen molar-refractivity contribution < 1.29 is 57.8 Å². The Labute approximate surface area is 275 Å². The third kappa shape index (κ3) is 6.99. The lowest BCUT2D eigenvalue weighted by Crippen LogP contribution is -2.85. The number of alkyl carbamates (subject to hydrolysis) is 1. The van der Waals surface area contributed by atoms with Gasteiger partial charge in [0.15, 0.2) is 11.5 Å². The van der Waals surface area contributed by atoms with Gasteiger partial charge in [-0.2, -0.15) is 0 Å². The molecule has 0 radical (unpaired) electrons. The molecular formula is C29H29N5O13S. The van der Waals surface area contributed by atoms with Gasteiger partial charge in [0.05, 0.1) is 4.92 Å². The molecule has 0 aliphatic carbocycles. The molecule has 48 heavy (non-hydrogen) atoms. The molecule has 2 saturated heterocycles. The number of β-lactam (4-membered cyclic amide) rings is 1. The molecule has 2 fully saturated rings. The maximum atomic E-state index is 14.0. The van der Waals surface area contributed by atoms with Gasteiger partial charge in [-0.25, -0.2) is 9.59 Å². The molecule has 0 aromatic heterocycles. The summed E-state index contributed by atoms with van der Waals surface area (Å²) in [7, 11) is 0. The number of nitro groups is 1. The Kier molecular flexibility index (Phi) is 9.93. The van der Waals surface area contributed by atoms with Gasteiger partial charge in [-0.15, -0.1) is 11.8 Å². The molecule has 2 heterocycles. The second-order valence-corrected chi connectivity index (χ2v) is 12.8. The number of nitro benzene ring substituents is 1. The molecule has 0 spiro atoms. The normalized spacial score (nSPS) is 21.0. The number of carboxylic acids is 1. The fourth-order valence-electron chi connectivity index (χ4n) is 5.20. The summed E-state index contributed by atoms with van der Waals surface area (Å²) in [6.45, 7) is 4.96. The van der Waals surface area contributed by atoms with E-state index in [4.69, 9.17) is 14.2 Å². The van der Waals surface area contributed by atoms with E-state index in [1.807, 2.05) is 0 Å². The van der Waals surface area contributed by atoms with Crippen LogP contribution in [0.5, 0.6) is 11.5 Å². The SMILES string of the molecule is CC(=O)Oc1ccc(C(NC(=O)OCc2ccc([N+](=O)[O-])cc2)C(=O)N[C@]2(NC=O)C(=O)N3[C@@H](C(=O)O)C(C)(C)S[C@@H]32)cc1OC(C)=O. The number of nitrogens with zero attached hydrogens (tertiary/aromatic N) is 2. The molecule has 19 heteroatoms. The molecule has 254 valence electrons. The molecule has 18 nitrogen and oxygen atoms in total. The standard InChI is InChI=1S/C29H29N5O13S/c1-14(36)46-19-10-7-17(11-20(19)47-15(2)37)21(31-27(42)45-12-16-5-8-18(9-6-16)34(43)44)23(38)32-29(30-13-35)25(41)33-22(24(39)40)28(3,4)48-26(29)33/h5-11,13,21-22,26H,12H2,1-4H3,(H,30,35)(H,31,42)(H,32,38)(H,39,40)/t21?,22-,26+,29+/m0/s1. The molecule has 4 amide bonds. The van der Waals surface area contributed by atoms with Crippen LogP contribution in [0.25, 0.3) is 0 Å². The van der Waals surface area contributed by atoms with Crippen LogP contribution < -0.4 is 25.4 Å². The lowest BCUT2D eigenvalue weighted by Gasteiger charge is -2.52. The van der Waals surface area contributed by atoms with Crippen molar-refractivity contribution >= 4 is 59.7 Å². The van der Waals surface area contributed by atoms with Gasteiger partial charge in [0.1, 0.15) is 24.1 Å². The smallest absolute Gasteiger partial charge is 0.408 e. The van der Waals surface area contributed by atoms with Crippen LogP contribution in [0, 0.1) is 10.1 Å². The molecule has 4 rings (SSSR count). The molecule has 1 unspecified atom stereocenters. The largest absolute Gasteiger partial charge is 0.480 e. The molecule has 2 aliphatic rings. The first kappa shape index (κ1) is 35.1. The summed E-state index contributed by atoms with van der Waals surface area (Å²) in [4.78, 5) is 98.9. The van der Waals surface area contributed by atoms with Crippen LogP contribution in [0.1, 0.15) is 44.9 Å². The van der Waals surface area contributed by atoms with Crippen LogP contribution >= 0.6 is 11.8 Å². The van der Waals surface area contributed by atoms with E-state index >= 15 is 0 Å². The van der Waals surface area contributed by atoms with Gasteiger partial charge in [0, 0.05) is 30.7 Å². The molecule has 0 bridgehead atoms. The van der Waals surface area contributed by atoms with Crippen molar-refractivity contribution in [2.24, 2.45) is 0 Å². The topological polar surface area (TPSA) is 250 Å². The minimum absolute atomic E-state index is 0.0698. The Balaban J connectivity index is 1.67. The van der Waals surface area contributed by atoms with Gasteiger partial charge < -0.3 is 40.2 Å². The number of rotatable bonds is 12. The molecule has 2 aromatic carbocycles. The fourth-order valence-corrected chi connectivity index (χ4v) is 6.86. The fraction of sp³-hybridized carbons (Fsp3) is 0.345. The molecule has 4 N–H and O–H groups in total. The average molecular weight is 688 g/mol. The maximum absolute atomic E-state index is 14.0. The highest BCUT2D eigenvalue weighted by molar-refractivity contribution is 8.01. The number of amides is 4. The second-order valence-electron chi connectivity index (χ2n) is 11.1. The Morgan fingerprint density at radius 2 is 1.69 bits per heavy atom. The number of fused-ring (bicyclic) bond motifs is 1. The van der Waals surface area contributed by atoms with Gasteiger partial charge in [-0.3, -0.25) is 34.1 Å². The maximum Gasteiger partial charge on any atom is 0.408 e. The molecule has 0 saturated carbocycles. The number of carboxylic acid groups (broad SMARTS) is 1. The molecule has 2 aliphatic heterocycles. The number of carbonyl (C=O) groups excluding carboxylic acids is 6. The number of carbonyl (C=O) groups is 7. The van der Waals surface area contributed by atoms with Crippen molar-refractivity contribution in [1.29, 1.82) is 0 Å². The van der Waals surface area contributed by atoms with E-state index in [9.17, 15) is 48.8 Å². The highest BCUT2D eigenvalue weighted by Gasteiger charge is 2.72. The number of ether oxygens (including phenoxy) is 3. The summed E-state index contributed by atoms with van der Waals surface area (Å²) < 4.78 is 14.4. The Hall–Kier alpha value is -5.72. The molecule has 4 atom stereocenters. The highest BCUT2D eigenvalue weighted by Crippen LogP contribution is 2.54. The third-order valence-electron chi connectivity index (χ3n) is 7.24. The first-order valence-electron chi connectivity index (χ1n) is 13.9. The highest BCUT2D eigenvalue weighted by atomic mass is 32.2. The number of non-ortho nitro benzene ring substituents is 1. The average Bonchev–Trinajstić information content (AvgIpc) is 3.28. The number of benzene rings is 2. The van der Waals surface area contributed by atoms with E-state index in [0.717, 1.165) is 36.6 Å². The van der Waals surface area contributed by atoms with Crippen LogP contribution in [0.3, 0.4) is 0 Å². The van der Waals surface area contributed by atoms with Gasteiger partial charge >= 0.3 is 24.0 Å². The molecular weight excluding hydrogens is 658 g/mol. The Morgan fingerprint density at radius 1 is 1.06 bits per heavy atom. The second kappa shape index (κ2) is 13.6. The number of hydrogen-bond donors (Lipinski definition) is 4. The number of esters is 2. The van der Waals surface area contributed by atoms with Crippen LogP contribution in [-0.4, -0.2) is 79.0 Å². The zero-order chi connectivity index (χ0) is 35.6. The van der Waals surface area contributed by atoms with E-state index in [-0.39, 0.29) is 35.8 Å². The van der Waals surface area contributed by atoms with Crippen LogP contribution in [0.4, 0.5) is 10.5 Å². The monoisotopic (exact) mass is 687 g/mol. The summed E-state index contributed by atoms with van der Waals surface area (Å²) in [5.74, 6) is -5.40. The van der Waals surface area contributed by atoms with Crippen molar-refractivity contribution in [3.8, 4) is 11.5 Å². The predicted octanol–water partition coefficient (Wildman–Crippen LogP) is 1.12. The number of thioether (sulfide) groups is 1. The van der Waals surface area contributed by atoms with Gasteiger partial charge in [0.2, 0.25) is 18.0 Å². The van der Waals surface area contributed by atoms with Gasteiger partial charge in [-0.1, -0.05) is 6.07 Å². The zero-order valence-corrected chi connectivity index (χ0v) is 26.5. The van der Waals surface area contributed by atoms with Crippen molar-refractivity contribution in [3.63, 3.8) is 0 Å².